The number of allylic oxidation sites excluding steroid dienone is 1. The molecule has 0 N–H and O–H groups in total. The van der Waals surface area contributed by atoms with Gasteiger partial charge in [0.25, 0.3) is 0 Å². The average molecular weight is 399 g/mol. The third-order valence-electron chi connectivity index (χ3n) is 5.28. The number of ether oxygens (including phenoxy) is 3. The number of Topliss-reactive ketones (excluding diaryl/α,β-unsaturated/α-hetero) is 1. The van der Waals surface area contributed by atoms with E-state index in [9.17, 15) is 9.59 Å². The number of ketones is 1. The molecule has 0 saturated heterocycles. The molecule has 3 heterocycles. The van der Waals surface area contributed by atoms with Crippen molar-refractivity contribution in [3.8, 4) is 17.2 Å². The lowest BCUT2D eigenvalue weighted by molar-refractivity contribution is -0.135. The Kier molecular flexibility index (Phi) is 4.32. The van der Waals surface area contributed by atoms with Crippen molar-refractivity contribution in [2.45, 2.75) is 12.3 Å². The highest BCUT2D eigenvalue weighted by molar-refractivity contribution is 6.15. The molecule has 0 radical (unpaired) electrons. The molecule has 0 spiro atoms. The second-order valence-corrected chi connectivity index (χ2v) is 7.05. The summed E-state index contributed by atoms with van der Waals surface area (Å²) in [5, 5.41) is 0. The van der Waals surface area contributed by atoms with E-state index in [0.29, 0.717) is 28.4 Å². The fourth-order valence-corrected chi connectivity index (χ4v) is 3.94. The average Bonchev–Trinajstić information content (AvgIpc) is 3.09. The minimum Gasteiger partial charge on any atom is -0.496 e. The van der Waals surface area contributed by atoms with Gasteiger partial charge < -0.3 is 14.2 Å². The first-order chi connectivity index (χ1) is 14.7. The summed E-state index contributed by atoms with van der Waals surface area (Å²) in [5.74, 6) is 0.796. The third-order valence-corrected chi connectivity index (χ3v) is 5.28. The molecule has 6 heteroatoms. The van der Waals surface area contributed by atoms with Gasteiger partial charge in [0.05, 0.1) is 19.1 Å². The summed E-state index contributed by atoms with van der Waals surface area (Å²) in [6.45, 7) is 0. The molecule has 0 amide bonds. The van der Waals surface area contributed by atoms with Crippen LogP contribution in [0.15, 0.2) is 66.7 Å². The van der Waals surface area contributed by atoms with E-state index in [-0.39, 0.29) is 29.9 Å². The van der Waals surface area contributed by atoms with Gasteiger partial charge in [0, 0.05) is 29.4 Å². The van der Waals surface area contributed by atoms with Gasteiger partial charge in [-0.2, -0.15) is 0 Å². The largest absolute Gasteiger partial charge is 0.496 e. The van der Waals surface area contributed by atoms with Crippen molar-refractivity contribution in [2.75, 3.05) is 7.11 Å². The normalized spacial score (nSPS) is 18.4. The Bertz CT molecular complexity index is 1200. The summed E-state index contributed by atoms with van der Waals surface area (Å²) in [7, 11) is 1.59. The van der Waals surface area contributed by atoms with Crippen LogP contribution in [0.25, 0.3) is 6.08 Å². The quantitative estimate of drug-likeness (QED) is 0.374. The number of para-hydroxylation sites is 1. The SMILES string of the molecule is COc1ccccc1C1CC(=O)Oc2ccc3c(c21)OC(=Cc1cccnc1)C3=O. The van der Waals surface area contributed by atoms with E-state index < -0.39 is 0 Å². The number of carbonyl (C=O) groups excluding carboxylic acids is 2. The Morgan fingerprint density at radius 2 is 1.93 bits per heavy atom. The summed E-state index contributed by atoms with van der Waals surface area (Å²) >= 11 is 0. The van der Waals surface area contributed by atoms with Crippen LogP contribution in [0, 0.1) is 0 Å². The predicted octanol–water partition coefficient (Wildman–Crippen LogP) is 4.15. The van der Waals surface area contributed by atoms with Crippen molar-refractivity contribution in [1.82, 2.24) is 4.98 Å². The van der Waals surface area contributed by atoms with Gasteiger partial charge in [0.15, 0.2) is 5.76 Å². The number of hydrogen-bond donors (Lipinski definition) is 0. The van der Waals surface area contributed by atoms with Crippen LogP contribution < -0.4 is 14.2 Å². The van der Waals surface area contributed by atoms with Crippen molar-refractivity contribution < 1.29 is 23.8 Å². The Morgan fingerprint density at radius 1 is 1.07 bits per heavy atom. The highest BCUT2D eigenvalue weighted by Crippen LogP contribution is 2.50. The van der Waals surface area contributed by atoms with Gasteiger partial charge in [0.2, 0.25) is 5.78 Å². The standard InChI is InChI=1S/C24H17NO5/c1-28-18-7-3-2-6-15(18)17-12-21(26)29-19-9-8-16-23(27)20(30-24(16)22(17)19)11-14-5-4-10-25-13-14/h2-11,13,17H,12H2,1H3. The van der Waals surface area contributed by atoms with Crippen LogP contribution in [-0.4, -0.2) is 23.8 Å². The molecular weight excluding hydrogens is 382 g/mol. The zero-order valence-corrected chi connectivity index (χ0v) is 16.1. The van der Waals surface area contributed by atoms with Gasteiger partial charge in [-0.15, -0.1) is 0 Å². The Hall–Kier alpha value is -3.93. The van der Waals surface area contributed by atoms with Crippen LogP contribution in [0.3, 0.4) is 0 Å². The fraction of sp³-hybridized carbons (Fsp3) is 0.125. The predicted molar refractivity (Wildman–Crippen MR) is 109 cm³/mol. The first-order valence-electron chi connectivity index (χ1n) is 9.50. The number of methoxy groups -OCH3 is 1. The van der Waals surface area contributed by atoms with Crippen LogP contribution in [0.5, 0.6) is 17.2 Å². The maximum absolute atomic E-state index is 13.0. The van der Waals surface area contributed by atoms with Crippen molar-refractivity contribution >= 4 is 17.8 Å². The summed E-state index contributed by atoms with van der Waals surface area (Å²) in [5.41, 5.74) is 2.73. The van der Waals surface area contributed by atoms with E-state index >= 15 is 0 Å². The highest BCUT2D eigenvalue weighted by atomic mass is 16.5. The van der Waals surface area contributed by atoms with Crippen molar-refractivity contribution in [3.05, 3.63) is 88.9 Å². The number of hydrogen-bond acceptors (Lipinski definition) is 6. The van der Waals surface area contributed by atoms with E-state index in [1.54, 1.807) is 43.8 Å². The van der Waals surface area contributed by atoms with E-state index in [1.807, 2.05) is 30.3 Å². The lowest BCUT2D eigenvalue weighted by atomic mass is 9.84. The molecule has 0 bridgehead atoms. The molecule has 0 saturated carbocycles. The molecule has 1 atom stereocenters. The van der Waals surface area contributed by atoms with Crippen LogP contribution in [0.1, 0.15) is 39.4 Å². The molecule has 6 nitrogen and oxygen atoms in total. The van der Waals surface area contributed by atoms with E-state index in [4.69, 9.17) is 14.2 Å². The van der Waals surface area contributed by atoms with Gasteiger partial charge in [0.1, 0.15) is 17.2 Å². The van der Waals surface area contributed by atoms with Crippen LogP contribution >= 0.6 is 0 Å². The fourth-order valence-electron chi connectivity index (χ4n) is 3.94. The zero-order valence-electron chi connectivity index (χ0n) is 16.1. The number of pyridine rings is 1. The van der Waals surface area contributed by atoms with Gasteiger partial charge in [-0.1, -0.05) is 24.3 Å². The van der Waals surface area contributed by atoms with Gasteiger partial charge in [-0.25, -0.2) is 0 Å². The molecule has 1 unspecified atom stereocenters. The Morgan fingerprint density at radius 3 is 2.73 bits per heavy atom. The first-order valence-corrected chi connectivity index (χ1v) is 9.50. The third kappa shape index (κ3) is 2.93. The van der Waals surface area contributed by atoms with E-state index in [0.717, 1.165) is 11.1 Å². The number of aromatic nitrogens is 1. The number of fused-ring (bicyclic) bond motifs is 3. The van der Waals surface area contributed by atoms with Gasteiger partial charge in [-0.05, 0) is 35.9 Å². The van der Waals surface area contributed by atoms with E-state index in [2.05, 4.69) is 4.98 Å². The molecule has 30 heavy (non-hydrogen) atoms. The van der Waals surface area contributed by atoms with Gasteiger partial charge in [-0.3, -0.25) is 14.6 Å². The monoisotopic (exact) mass is 399 g/mol. The molecule has 148 valence electrons. The maximum atomic E-state index is 13.0. The van der Waals surface area contributed by atoms with Crippen molar-refractivity contribution in [3.63, 3.8) is 0 Å². The molecule has 5 rings (SSSR count). The highest BCUT2D eigenvalue weighted by Gasteiger charge is 2.39. The molecular formula is C24H17NO5. The van der Waals surface area contributed by atoms with Crippen molar-refractivity contribution in [1.29, 1.82) is 0 Å². The number of esters is 1. The molecule has 1 aromatic heterocycles. The summed E-state index contributed by atoms with van der Waals surface area (Å²) in [4.78, 5) is 29.3. The summed E-state index contributed by atoms with van der Waals surface area (Å²) < 4.78 is 17.0. The molecule has 2 aliphatic rings. The second kappa shape index (κ2) is 7.15. The topological polar surface area (TPSA) is 74.7 Å². The van der Waals surface area contributed by atoms with Crippen LogP contribution in [-0.2, 0) is 4.79 Å². The lowest BCUT2D eigenvalue weighted by Crippen LogP contribution is -2.22. The lowest BCUT2D eigenvalue weighted by Gasteiger charge is -2.27. The molecule has 0 fully saturated rings. The first kappa shape index (κ1) is 18.1. The second-order valence-electron chi connectivity index (χ2n) is 7.05. The van der Waals surface area contributed by atoms with Gasteiger partial charge >= 0.3 is 5.97 Å². The minimum atomic E-state index is -0.349. The number of carbonyl (C=O) groups is 2. The number of nitrogens with zero attached hydrogens (tertiary/aromatic N) is 1. The van der Waals surface area contributed by atoms with Crippen molar-refractivity contribution in [2.24, 2.45) is 0 Å². The molecule has 3 aromatic rings. The smallest absolute Gasteiger partial charge is 0.312 e. The summed E-state index contributed by atoms with van der Waals surface area (Å²) in [6.07, 6.45) is 5.11. The summed E-state index contributed by atoms with van der Waals surface area (Å²) in [6, 6.07) is 14.4. The van der Waals surface area contributed by atoms with E-state index in [1.165, 1.54) is 0 Å². The number of rotatable bonds is 3. The minimum absolute atomic E-state index is 0.128. The number of benzene rings is 2. The van der Waals surface area contributed by atoms with Crippen LogP contribution in [0.4, 0.5) is 0 Å². The Balaban J connectivity index is 1.65. The maximum Gasteiger partial charge on any atom is 0.312 e. The zero-order chi connectivity index (χ0) is 20.7. The molecule has 0 aliphatic carbocycles. The Labute approximate surface area is 172 Å². The molecule has 2 aliphatic heterocycles. The van der Waals surface area contributed by atoms with Crippen LogP contribution in [0.2, 0.25) is 0 Å². The molecule has 2 aromatic carbocycles.